The van der Waals surface area contributed by atoms with Gasteiger partial charge in [-0.1, -0.05) is 137 Å². The van der Waals surface area contributed by atoms with Crippen LogP contribution in [-0.2, 0) is 9.59 Å². The summed E-state index contributed by atoms with van der Waals surface area (Å²) in [5, 5.41) is 2.87. The first-order valence-corrected chi connectivity index (χ1v) is 32.0. The summed E-state index contributed by atoms with van der Waals surface area (Å²) in [6.45, 7) is 30.0. The van der Waals surface area contributed by atoms with Crippen molar-refractivity contribution in [3.8, 4) is 0 Å². The van der Waals surface area contributed by atoms with Crippen molar-refractivity contribution in [1.82, 2.24) is 0 Å². The molecule has 0 radical (unpaired) electrons. The van der Waals surface area contributed by atoms with Gasteiger partial charge in [-0.3, -0.25) is 0 Å². The van der Waals surface area contributed by atoms with Crippen molar-refractivity contribution in [2.24, 2.45) is 0 Å². The minimum absolute atomic E-state index is 0. The average molecular weight is 910 g/mol. The summed E-state index contributed by atoms with van der Waals surface area (Å²) >= 11 is 0. The number of rotatable bonds is 13. The second-order valence-corrected chi connectivity index (χ2v) is 43.4. The molecule has 0 aromatic heterocycles. The average Bonchev–Trinajstić information content (AvgIpc) is 2.85. The molecule has 0 aliphatic heterocycles. The zero-order valence-electron chi connectivity index (χ0n) is 29.4. The summed E-state index contributed by atoms with van der Waals surface area (Å²) in [7, 11) is -2.68. The third-order valence-corrected chi connectivity index (χ3v) is 36.7. The van der Waals surface area contributed by atoms with Gasteiger partial charge in [-0.2, -0.15) is 0 Å². The maximum atomic E-state index is 11.0. The number of nitrogens with zero attached hydrogens (tertiary/aromatic N) is 2. The predicted octanol–water partition coefficient (Wildman–Crippen LogP) is 7.60. The number of benzene rings is 2. The Labute approximate surface area is 258 Å². The minimum Gasteiger partial charge on any atom is -0.479 e. The molecule has 0 atom stereocenters. The topological polar surface area (TPSA) is 40.6 Å². The fourth-order valence-corrected chi connectivity index (χ4v) is 44.8. The van der Waals surface area contributed by atoms with E-state index >= 15 is 0 Å². The van der Waals surface area contributed by atoms with Crippen molar-refractivity contribution < 1.29 is 9.59 Å². The Bertz CT molecular complexity index is 1150. The first-order valence-electron chi connectivity index (χ1n) is 15.0. The maximum absolute atomic E-state index is 11.0. The Hall–Kier alpha value is -2.54. The quantitative estimate of drug-likeness (QED) is 0.118. The Balaban J connectivity index is 0.000000894. The number of carbonyl (C=O) groups excluding carboxylic acids is 2. The van der Waals surface area contributed by atoms with Gasteiger partial charge in [0.2, 0.25) is 0 Å². The van der Waals surface area contributed by atoms with Crippen molar-refractivity contribution in [3.63, 3.8) is 0 Å². The molecule has 2 amide bonds. The van der Waals surface area contributed by atoms with Gasteiger partial charge in [-0.15, -0.1) is 35.6 Å². The Morgan fingerprint density at radius 2 is 0.976 bits per heavy atom. The van der Waals surface area contributed by atoms with Gasteiger partial charge in [-0.25, -0.2) is 0 Å². The smallest absolute Gasteiger partial charge is 0.0784 e. The van der Waals surface area contributed by atoms with E-state index in [1.807, 2.05) is 31.0 Å². The number of amides is 2. The molecule has 42 heavy (non-hydrogen) atoms. The molecule has 2 rings (SSSR count). The monoisotopic (exact) mass is 909 g/mol. The van der Waals surface area contributed by atoms with Crippen LogP contribution in [0, 0.1) is 0 Å². The zero-order valence-corrected chi connectivity index (χ0v) is 40.8. The van der Waals surface area contributed by atoms with Crippen LogP contribution in [0.25, 0.3) is 0 Å². The van der Waals surface area contributed by atoms with Crippen LogP contribution >= 0.6 is 0 Å². The molecule has 0 fully saturated rings. The molecule has 0 saturated carbocycles. The summed E-state index contributed by atoms with van der Waals surface area (Å²) < 4.78 is 0. The molecule has 0 saturated heterocycles. The fraction of sp³-hybridized carbons (Fsp3) is 0.562. The molecule has 0 aliphatic rings. The van der Waals surface area contributed by atoms with Crippen LogP contribution in [0.4, 0.5) is 11.4 Å². The van der Waals surface area contributed by atoms with Gasteiger partial charge in [0, 0.05) is 24.2 Å². The van der Waals surface area contributed by atoms with Gasteiger partial charge in [0.15, 0.2) is 0 Å². The molecule has 2 aromatic rings. The van der Waals surface area contributed by atoms with Gasteiger partial charge in [0.25, 0.3) is 0 Å². The summed E-state index contributed by atoms with van der Waals surface area (Å²) in [5.41, 5.74) is 6.42. The standard InChI is InChI=1S/C20H40NOSi4.C12H18NOSi.Rf/c1-21(15-22)19-12-11-13-20(14-19)26(9,10)18-25(7,8)17-24(5,6)16-23(2,3)4;1-5-15(3,4)12-8-6-7-11(9-12)13(2)10-14;/h11-14H,16-18H2,1-10H3;6-9H,5H2,1-4H3;/q2*-1;. The van der Waals surface area contributed by atoms with E-state index < -0.39 is 40.4 Å². The van der Waals surface area contributed by atoms with Gasteiger partial charge < -0.3 is 19.4 Å². The van der Waals surface area contributed by atoms with Crippen LogP contribution in [0.2, 0.25) is 95.1 Å². The second kappa shape index (κ2) is 15.3. The van der Waals surface area contributed by atoms with Crippen molar-refractivity contribution in [3.05, 3.63) is 48.5 Å². The molecule has 0 N–H and O–H groups in total. The Morgan fingerprint density at radius 3 is 1.33 bits per heavy atom. The van der Waals surface area contributed by atoms with Crippen molar-refractivity contribution in [1.29, 1.82) is 0 Å². The van der Waals surface area contributed by atoms with Gasteiger partial charge in [0.05, 0.1) is 29.0 Å². The molecule has 2 aromatic carbocycles. The molecule has 0 unspecified atom stereocenters. The minimum atomic E-state index is -1.52. The molecule has 0 bridgehead atoms. The third kappa shape index (κ3) is 12.8. The van der Waals surface area contributed by atoms with E-state index in [1.54, 1.807) is 30.3 Å². The number of anilines is 2. The molecule has 4 nitrogen and oxygen atoms in total. The van der Waals surface area contributed by atoms with Crippen LogP contribution in [0.5, 0.6) is 0 Å². The van der Waals surface area contributed by atoms with Crippen LogP contribution in [-0.4, -0.2) is 67.3 Å². The zero-order chi connectivity index (χ0) is 31.9. The first-order chi connectivity index (χ1) is 18.6. The van der Waals surface area contributed by atoms with E-state index in [9.17, 15) is 9.59 Å². The fourth-order valence-electron chi connectivity index (χ4n) is 6.74. The third-order valence-electron chi connectivity index (χ3n) is 8.07. The van der Waals surface area contributed by atoms with E-state index in [1.165, 1.54) is 27.0 Å². The van der Waals surface area contributed by atoms with Crippen LogP contribution < -0.4 is 20.2 Å². The predicted molar refractivity (Wildman–Crippen MR) is 199 cm³/mol. The van der Waals surface area contributed by atoms with Crippen molar-refractivity contribution in [2.45, 2.75) is 102 Å². The van der Waals surface area contributed by atoms with Gasteiger partial charge >= 0.3 is 0 Å². The Morgan fingerprint density at radius 1 is 0.595 bits per heavy atom. The van der Waals surface area contributed by atoms with Crippen molar-refractivity contribution in [2.75, 3.05) is 23.9 Å². The summed E-state index contributed by atoms with van der Waals surface area (Å²) in [5.74, 6) is 0. The first kappa shape index (κ1) is 39.5. The second-order valence-electron chi connectivity index (χ2n) is 15.9. The van der Waals surface area contributed by atoms with Gasteiger partial charge in [0.1, 0.15) is 0 Å². The summed E-state index contributed by atoms with van der Waals surface area (Å²) in [6, 6.07) is 18.1. The maximum Gasteiger partial charge on any atom is 0.0784 e. The molecule has 0 spiro atoms. The molecule has 0 heterocycles. The number of hydrogen-bond donors (Lipinski definition) is 0. The van der Waals surface area contributed by atoms with Crippen LogP contribution in [0.1, 0.15) is 6.92 Å². The molecule has 232 valence electrons. The molecular weight excluding hydrogens is 852 g/mol. The summed E-state index contributed by atoms with van der Waals surface area (Å²) in [6.07, 6.45) is 3.85. The van der Waals surface area contributed by atoms with Gasteiger partial charge in [-0.05, 0) is 14.1 Å². The van der Waals surface area contributed by atoms with E-state index in [2.05, 4.69) is 109 Å². The number of hydrogen-bond acceptors (Lipinski definition) is 2. The van der Waals surface area contributed by atoms with E-state index in [-0.39, 0.29) is 0 Å². The summed E-state index contributed by atoms with van der Waals surface area (Å²) in [4.78, 5) is 24.6. The van der Waals surface area contributed by atoms with Crippen LogP contribution in [0.3, 0.4) is 0 Å². The molecular formula is C32H58N2O2RfSi5-2. The van der Waals surface area contributed by atoms with E-state index in [4.69, 9.17) is 0 Å². The SMILES string of the molecule is CC[Si](C)(C)c1cccc(N(C)[C-]=O)c1.CN([C-]=O)c1cccc([Si](C)(C)C[Si](C)(C)C[Si](C)(C)C[Si](C)(C)C)c1.[Rf]. The van der Waals surface area contributed by atoms with E-state index in [0.717, 1.165) is 11.4 Å². The van der Waals surface area contributed by atoms with Crippen LogP contribution in [0.15, 0.2) is 48.5 Å². The Kier molecular flexibility index (Phi) is 14.3. The van der Waals surface area contributed by atoms with E-state index in [0.29, 0.717) is 0 Å². The molecule has 10 heteroatoms. The largest absolute Gasteiger partial charge is 0.479 e. The van der Waals surface area contributed by atoms with Crippen molar-refractivity contribution >= 4 is 74.9 Å². The normalized spacial score (nSPS) is 12.4. The molecule has 0 aliphatic carbocycles.